The molecule has 1 aliphatic heterocycles. The molecule has 0 aromatic rings. The number of nitrogens with zero attached hydrogens (tertiary/aromatic N) is 1. The topological polar surface area (TPSA) is 93.7 Å². The van der Waals surface area contributed by atoms with Gasteiger partial charge in [0.25, 0.3) is 0 Å². The number of nitrogens with one attached hydrogen (secondary N) is 3. The van der Waals surface area contributed by atoms with Gasteiger partial charge >= 0.3 is 5.97 Å². The van der Waals surface area contributed by atoms with Crippen molar-refractivity contribution in [2.75, 3.05) is 52.4 Å². The zero-order valence-corrected chi connectivity index (χ0v) is 11.2. The van der Waals surface area contributed by atoms with E-state index in [4.69, 9.17) is 5.11 Å². The molecule has 7 heteroatoms. The van der Waals surface area contributed by atoms with Gasteiger partial charge in [-0.1, -0.05) is 0 Å². The van der Waals surface area contributed by atoms with E-state index in [0.717, 1.165) is 45.6 Å². The second kappa shape index (κ2) is 9.85. The van der Waals surface area contributed by atoms with Crippen molar-refractivity contribution < 1.29 is 14.7 Å². The lowest BCUT2D eigenvalue weighted by molar-refractivity contribution is -0.139. The van der Waals surface area contributed by atoms with E-state index in [1.165, 1.54) is 0 Å². The summed E-state index contributed by atoms with van der Waals surface area (Å²) in [6.45, 7) is 6.44. The molecule has 4 N–H and O–H groups in total. The highest BCUT2D eigenvalue weighted by Crippen LogP contribution is 2.01. The van der Waals surface area contributed by atoms with Gasteiger partial charge in [-0.2, -0.15) is 0 Å². The predicted octanol–water partition coefficient (Wildman–Crippen LogP) is -1.89. The van der Waals surface area contributed by atoms with Crippen molar-refractivity contribution in [3.8, 4) is 0 Å². The van der Waals surface area contributed by atoms with Gasteiger partial charge in [0, 0.05) is 52.4 Å². The van der Waals surface area contributed by atoms with E-state index in [2.05, 4.69) is 16.0 Å². The van der Waals surface area contributed by atoms with Crippen molar-refractivity contribution in [1.82, 2.24) is 20.9 Å². The molecule has 1 aliphatic rings. The number of hydrogen-bond donors (Lipinski definition) is 4. The highest BCUT2D eigenvalue weighted by atomic mass is 16.4. The molecule has 0 saturated carbocycles. The summed E-state index contributed by atoms with van der Waals surface area (Å²) < 4.78 is 0. The lowest BCUT2D eigenvalue weighted by Crippen LogP contribution is -2.47. The van der Waals surface area contributed by atoms with E-state index >= 15 is 0 Å². The average Bonchev–Trinajstić information content (AvgIpc) is 2.37. The molecular weight excluding hydrogens is 248 g/mol. The molecule has 0 aliphatic carbocycles. The number of aldehydes is 1. The fraction of sp³-hybridized carbons (Fsp3) is 0.833. The molecule has 110 valence electrons. The molecule has 1 atom stereocenters. The zero-order valence-electron chi connectivity index (χ0n) is 11.2. The van der Waals surface area contributed by atoms with E-state index in [0.29, 0.717) is 13.1 Å². The number of carboxylic acid groups (broad SMARTS) is 1. The van der Waals surface area contributed by atoms with Crippen LogP contribution in [0.5, 0.6) is 0 Å². The Morgan fingerprint density at radius 2 is 1.53 bits per heavy atom. The number of carbonyl (C=O) groups is 2. The smallest absolute Gasteiger partial charge is 0.305 e. The molecular formula is C12H24N4O3. The van der Waals surface area contributed by atoms with Gasteiger partial charge in [-0.15, -0.1) is 0 Å². The largest absolute Gasteiger partial charge is 0.481 e. The fourth-order valence-corrected chi connectivity index (χ4v) is 2.06. The summed E-state index contributed by atoms with van der Waals surface area (Å²) >= 11 is 0. The van der Waals surface area contributed by atoms with Crippen LogP contribution < -0.4 is 16.0 Å². The van der Waals surface area contributed by atoms with Gasteiger partial charge in [0.1, 0.15) is 6.29 Å². The average molecular weight is 272 g/mol. The second-order valence-electron chi connectivity index (χ2n) is 4.59. The highest BCUT2D eigenvalue weighted by molar-refractivity contribution is 5.73. The molecule has 0 aromatic heterocycles. The first-order chi connectivity index (χ1) is 9.24. The Morgan fingerprint density at radius 1 is 1.05 bits per heavy atom. The Bertz CT molecular complexity index is 264. The van der Waals surface area contributed by atoms with Crippen LogP contribution in [0.4, 0.5) is 0 Å². The lowest BCUT2D eigenvalue weighted by atomic mass is 10.2. The van der Waals surface area contributed by atoms with Gasteiger partial charge in [-0.05, 0) is 0 Å². The molecule has 0 spiro atoms. The normalized spacial score (nSPS) is 21.9. The fourth-order valence-electron chi connectivity index (χ4n) is 2.06. The Morgan fingerprint density at radius 3 is 1.95 bits per heavy atom. The first-order valence-electron chi connectivity index (χ1n) is 6.77. The van der Waals surface area contributed by atoms with Gasteiger partial charge in [0.05, 0.1) is 12.5 Å². The summed E-state index contributed by atoms with van der Waals surface area (Å²) in [7, 11) is 0. The number of hydrogen-bond acceptors (Lipinski definition) is 6. The lowest BCUT2D eigenvalue weighted by Gasteiger charge is -2.27. The quantitative estimate of drug-likeness (QED) is 0.445. The molecule has 1 heterocycles. The molecule has 7 nitrogen and oxygen atoms in total. The van der Waals surface area contributed by atoms with Crippen LogP contribution in [0.2, 0.25) is 0 Å². The minimum atomic E-state index is -0.937. The van der Waals surface area contributed by atoms with Gasteiger partial charge in [0.2, 0.25) is 0 Å². The summed E-state index contributed by atoms with van der Waals surface area (Å²) in [6, 6.07) is -0.540. The summed E-state index contributed by atoms with van der Waals surface area (Å²) in [5.41, 5.74) is 0. The van der Waals surface area contributed by atoms with Crippen LogP contribution in [0.15, 0.2) is 0 Å². The van der Waals surface area contributed by atoms with Crippen molar-refractivity contribution in [2.24, 2.45) is 0 Å². The van der Waals surface area contributed by atoms with E-state index in [1.807, 2.05) is 4.90 Å². The van der Waals surface area contributed by atoms with Crippen LogP contribution in [0.3, 0.4) is 0 Å². The Labute approximate surface area is 113 Å². The minimum Gasteiger partial charge on any atom is -0.481 e. The number of carboxylic acids is 1. The molecule has 1 fully saturated rings. The Hall–Kier alpha value is -1.02. The van der Waals surface area contributed by atoms with Gasteiger partial charge in [0.15, 0.2) is 0 Å². The third kappa shape index (κ3) is 7.22. The van der Waals surface area contributed by atoms with E-state index in [-0.39, 0.29) is 6.42 Å². The van der Waals surface area contributed by atoms with E-state index in [9.17, 15) is 9.59 Å². The summed E-state index contributed by atoms with van der Waals surface area (Å²) in [5, 5.41) is 18.7. The summed E-state index contributed by atoms with van der Waals surface area (Å²) in [4.78, 5) is 23.7. The van der Waals surface area contributed by atoms with E-state index < -0.39 is 12.0 Å². The molecule has 0 amide bonds. The van der Waals surface area contributed by atoms with Crippen LogP contribution in [0.25, 0.3) is 0 Å². The maximum atomic E-state index is 11.1. The van der Waals surface area contributed by atoms with Crippen LogP contribution in [0, 0.1) is 0 Å². The summed E-state index contributed by atoms with van der Waals surface area (Å²) in [6.07, 6.45) is 0.604. The standard InChI is InChI=1S/C12H24N4O3/c17-10-11(9-12(18)19)16-7-5-14-3-1-13-2-4-15-6-8-16/h10-11,13-15H,1-9H2,(H,18,19). The molecule has 0 radical (unpaired) electrons. The Balaban J connectivity index is 2.48. The maximum Gasteiger partial charge on any atom is 0.305 e. The Kier molecular flexibility index (Phi) is 8.31. The summed E-state index contributed by atoms with van der Waals surface area (Å²) in [5.74, 6) is -0.937. The molecule has 1 unspecified atom stereocenters. The van der Waals surface area contributed by atoms with Gasteiger partial charge < -0.3 is 25.9 Å². The molecule has 1 saturated heterocycles. The van der Waals surface area contributed by atoms with Crippen molar-refractivity contribution >= 4 is 12.3 Å². The number of aliphatic carboxylic acids is 1. The molecule has 0 aromatic carbocycles. The predicted molar refractivity (Wildman–Crippen MR) is 72.3 cm³/mol. The van der Waals surface area contributed by atoms with Crippen molar-refractivity contribution in [3.63, 3.8) is 0 Å². The first-order valence-corrected chi connectivity index (χ1v) is 6.77. The SMILES string of the molecule is O=CC(CC(=O)O)N1CCNCCNCCNCC1. The van der Waals surface area contributed by atoms with Crippen LogP contribution in [-0.4, -0.2) is 80.7 Å². The van der Waals surface area contributed by atoms with Crippen LogP contribution in [-0.2, 0) is 9.59 Å². The molecule has 0 bridgehead atoms. The van der Waals surface area contributed by atoms with Gasteiger partial charge in [-0.25, -0.2) is 0 Å². The van der Waals surface area contributed by atoms with Crippen molar-refractivity contribution in [3.05, 3.63) is 0 Å². The van der Waals surface area contributed by atoms with Crippen LogP contribution in [0.1, 0.15) is 6.42 Å². The third-order valence-corrected chi connectivity index (χ3v) is 3.12. The number of rotatable bonds is 4. The molecule has 19 heavy (non-hydrogen) atoms. The maximum absolute atomic E-state index is 11.1. The van der Waals surface area contributed by atoms with Gasteiger partial charge in [-0.3, -0.25) is 9.69 Å². The second-order valence-corrected chi connectivity index (χ2v) is 4.59. The minimum absolute atomic E-state index is 0.134. The van der Waals surface area contributed by atoms with Crippen molar-refractivity contribution in [1.29, 1.82) is 0 Å². The number of carbonyl (C=O) groups excluding carboxylic acids is 1. The van der Waals surface area contributed by atoms with Crippen molar-refractivity contribution in [2.45, 2.75) is 12.5 Å². The third-order valence-electron chi connectivity index (χ3n) is 3.12. The zero-order chi connectivity index (χ0) is 13.9. The monoisotopic (exact) mass is 272 g/mol. The highest BCUT2D eigenvalue weighted by Gasteiger charge is 2.20. The first kappa shape index (κ1) is 16.0. The molecule has 1 rings (SSSR count). The van der Waals surface area contributed by atoms with Crippen LogP contribution >= 0.6 is 0 Å². The van der Waals surface area contributed by atoms with E-state index in [1.54, 1.807) is 0 Å².